The van der Waals surface area contributed by atoms with Gasteiger partial charge in [-0.15, -0.1) is 6.42 Å². The standard InChI is InChI=1S/C29H25FN4O.BrH/c1-4-14-34(2,3)26-11-8-21(9-12-26)19-32-29(35)28-17-24-16-25(30)10-13-27(24)33(28)20-23-7-5-6-22(15-23)18-31;/h1,5-13,15-17H,14,19-20H2,2-3H3;1H. The number of nitriles is 1. The first kappa shape index (κ1) is 26.7. The molecule has 7 heteroatoms. The molecule has 0 atom stereocenters. The van der Waals surface area contributed by atoms with Crippen molar-refractivity contribution >= 4 is 22.5 Å². The van der Waals surface area contributed by atoms with Crippen molar-refractivity contribution in [3.8, 4) is 18.4 Å². The number of rotatable bonds is 7. The summed E-state index contributed by atoms with van der Waals surface area (Å²) in [6, 6.07) is 23.5. The number of aromatic nitrogens is 1. The van der Waals surface area contributed by atoms with E-state index in [1.54, 1.807) is 24.3 Å². The molecule has 1 amide bonds. The molecular formula is C29H26BrFN4O. The highest BCUT2D eigenvalue weighted by Gasteiger charge is 2.18. The summed E-state index contributed by atoms with van der Waals surface area (Å²) < 4.78 is 16.3. The summed E-state index contributed by atoms with van der Waals surface area (Å²) in [4.78, 5) is 13.2. The van der Waals surface area contributed by atoms with E-state index in [9.17, 15) is 14.4 Å². The average Bonchev–Trinajstić information content (AvgIpc) is 3.20. The summed E-state index contributed by atoms with van der Waals surface area (Å²) in [5.74, 6) is 2.08. The zero-order valence-electron chi connectivity index (χ0n) is 20.1. The van der Waals surface area contributed by atoms with Gasteiger partial charge in [0, 0.05) is 24.0 Å². The molecule has 0 unspecified atom stereocenters. The number of benzene rings is 3. The Hall–Kier alpha value is -3.91. The number of hydrogen-bond donors (Lipinski definition) is 1. The van der Waals surface area contributed by atoms with E-state index in [-0.39, 0.29) is 28.7 Å². The average molecular weight is 545 g/mol. The van der Waals surface area contributed by atoms with Gasteiger partial charge >= 0.3 is 0 Å². The first-order chi connectivity index (χ1) is 16.8. The summed E-state index contributed by atoms with van der Waals surface area (Å²) >= 11 is 0. The number of fused-ring (bicyclic) bond motifs is 1. The van der Waals surface area contributed by atoms with Crippen LogP contribution in [0.15, 0.2) is 72.8 Å². The predicted octanol–water partition coefficient (Wildman–Crippen LogP) is 1.83. The quantitative estimate of drug-likeness (QED) is 0.285. The monoisotopic (exact) mass is 544 g/mol. The Kier molecular flexibility index (Phi) is 8.32. The fraction of sp³-hybridized carbons (Fsp3) is 0.172. The Labute approximate surface area is 221 Å². The van der Waals surface area contributed by atoms with Gasteiger partial charge in [0.1, 0.15) is 23.7 Å². The highest BCUT2D eigenvalue weighted by Crippen LogP contribution is 2.24. The molecule has 1 aromatic heterocycles. The van der Waals surface area contributed by atoms with Gasteiger partial charge in [-0.05, 0) is 65.6 Å². The van der Waals surface area contributed by atoms with Gasteiger partial charge in [0.25, 0.3) is 5.91 Å². The number of halogens is 2. The number of nitrogens with zero attached hydrogens (tertiary/aromatic N) is 3. The fourth-order valence-electron chi connectivity index (χ4n) is 4.13. The maximum Gasteiger partial charge on any atom is 0.268 e. The van der Waals surface area contributed by atoms with E-state index in [4.69, 9.17) is 6.42 Å². The second-order valence-electron chi connectivity index (χ2n) is 9.03. The molecule has 0 spiro atoms. The van der Waals surface area contributed by atoms with Crippen LogP contribution >= 0.6 is 0 Å². The maximum atomic E-state index is 13.9. The van der Waals surface area contributed by atoms with Crippen LogP contribution in [0.4, 0.5) is 10.1 Å². The number of carbonyl (C=O) groups is 1. The largest absolute Gasteiger partial charge is 1.00 e. The third-order valence-electron chi connectivity index (χ3n) is 6.07. The van der Waals surface area contributed by atoms with Crippen molar-refractivity contribution in [2.45, 2.75) is 13.1 Å². The van der Waals surface area contributed by atoms with Gasteiger partial charge in [-0.3, -0.25) is 9.28 Å². The molecule has 3 aromatic carbocycles. The topological polar surface area (TPSA) is 57.8 Å². The molecule has 0 aliphatic heterocycles. The molecule has 1 heterocycles. The van der Waals surface area contributed by atoms with E-state index in [0.29, 0.717) is 40.8 Å². The van der Waals surface area contributed by atoms with E-state index in [1.165, 1.54) is 12.1 Å². The van der Waals surface area contributed by atoms with Crippen LogP contribution in [0.25, 0.3) is 10.9 Å². The predicted molar refractivity (Wildman–Crippen MR) is 137 cm³/mol. The molecule has 0 saturated heterocycles. The van der Waals surface area contributed by atoms with Crippen LogP contribution in [0.5, 0.6) is 0 Å². The molecule has 0 aliphatic carbocycles. The van der Waals surface area contributed by atoms with Crippen molar-refractivity contribution in [1.82, 2.24) is 14.4 Å². The molecule has 0 fully saturated rings. The number of terminal acetylenes is 1. The molecular weight excluding hydrogens is 519 g/mol. The minimum Gasteiger partial charge on any atom is -1.00 e. The molecule has 36 heavy (non-hydrogen) atoms. The lowest BCUT2D eigenvalue weighted by atomic mass is 10.1. The Morgan fingerprint density at radius 3 is 2.50 bits per heavy atom. The van der Waals surface area contributed by atoms with Crippen molar-refractivity contribution in [2.75, 3.05) is 20.6 Å². The van der Waals surface area contributed by atoms with Gasteiger partial charge < -0.3 is 26.9 Å². The number of hydrogen-bond acceptors (Lipinski definition) is 2. The summed E-state index contributed by atoms with van der Waals surface area (Å²) in [6.07, 6.45) is 5.48. The fourth-order valence-corrected chi connectivity index (χ4v) is 4.13. The van der Waals surface area contributed by atoms with Crippen molar-refractivity contribution in [2.24, 2.45) is 0 Å². The lowest BCUT2D eigenvalue weighted by molar-refractivity contribution is -0.0000162. The molecule has 5 nitrogen and oxygen atoms in total. The van der Waals surface area contributed by atoms with Crippen LogP contribution in [0.3, 0.4) is 0 Å². The number of carbonyl (C=O) groups excluding carboxylic acids is 1. The van der Waals surface area contributed by atoms with Crippen molar-refractivity contribution in [3.05, 3.63) is 101 Å². The molecule has 0 radical (unpaired) electrons. The number of quaternary nitrogens is 1. The van der Waals surface area contributed by atoms with Gasteiger partial charge in [0.2, 0.25) is 0 Å². The van der Waals surface area contributed by atoms with Crippen LogP contribution in [-0.4, -0.2) is 31.1 Å². The van der Waals surface area contributed by atoms with Crippen LogP contribution in [-0.2, 0) is 13.1 Å². The van der Waals surface area contributed by atoms with Crippen molar-refractivity contribution in [1.29, 1.82) is 5.26 Å². The normalized spacial score (nSPS) is 10.8. The van der Waals surface area contributed by atoms with Crippen molar-refractivity contribution < 1.29 is 26.2 Å². The number of nitrogens with one attached hydrogen (secondary N) is 1. The minimum absolute atomic E-state index is 0. The third kappa shape index (κ3) is 5.83. The SMILES string of the molecule is C#CC[N+](C)(C)c1ccc(CNC(=O)c2cc3cc(F)ccc3n2Cc2cccc(C#N)c2)cc1.[Br-]. The lowest BCUT2D eigenvalue weighted by Gasteiger charge is -2.26. The van der Waals surface area contributed by atoms with Gasteiger partial charge in [-0.1, -0.05) is 24.3 Å². The zero-order valence-corrected chi connectivity index (χ0v) is 21.7. The molecule has 0 aliphatic rings. The van der Waals surface area contributed by atoms with Gasteiger partial charge in [-0.25, -0.2) is 4.39 Å². The second kappa shape index (κ2) is 11.2. The van der Waals surface area contributed by atoms with E-state index in [0.717, 1.165) is 22.3 Å². The summed E-state index contributed by atoms with van der Waals surface area (Å²) in [5, 5.41) is 12.9. The molecule has 0 bridgehead atoms. The Morgan fingerprint density at radius 2 is 1.81 bits per heavy atom. The van der Waals surface area contributed by atoms with Crippen LogP contribution in [0.2, 0.25) is 0 Å². The van der Waals surface area contributed by atoms with Gasteiger partial charge in [-0.2, -0.15) is 5.26 Å². The van der Waals surface area contributed by atoms with Gasteiger partial charge in [0.15, 0.2) is 0 Å². The highest BCUT2D eigenvalue weighted by atomic mass is 79.9. The highest BCUT2D eigenvalue weighted by molar-refractivity contribution is 5.98. The summed E-state index contributed by atoms with van der Waals surface area (Å²) in [5.41, 5.74) is 4.64. The second-order valence-corrected chi connectivity index (χ2v) is 9.03. The Morgan fingerprint density at radius 1 is 1.06 bits per heavy atom. The Balaban J connectivity index is 0.00000361. The van der Waals surface area contributed by atoms with E-state index in [2.05, 4.69) is 17.3 Å². The smallest absolute Gasteiger partial charge is 0.268 e. The van der Waals surface area contributed by atoms with Crippen LogP contribution in [0, 0.1) is 29.5 Å². The number of amides is 1. The Bertz CT molecular complexity index is 1480. The van der Waals surface area contributed by atoms with E-state index < -0.39 is 0 Å². The minimum atomic E-state index is -0.362. The molecule has 1 N–H and O–H groups in total. The summed E-state index contributed by atoms with van der Waals surface area (Å²) in [7, 11) is 4.09. The van der Waals surface area contributed by atoms with Crippen LogP contribution < -0.4 is 26.8 Å². The first-order valence-electron chi connectivity index (χ1n) is 11.2. The zero-order chi connectivity index (χ0) is 25.0. The van der Waals surface area contributed by atoms with Crippen LogP contribution in [0.1, 0.15) is 27.2 Å². The first-order valence-corrected chi connectivity index (χ1v) is 11.2. The maximum absolute atomic E-state index is 13.9. The van der Waals surface area contributed by atoms with Crippen molar-refractivity contribution in [3.63, 3.8) is 0 Å². The lowest BCUT2D eigenvalue weighted by Crippen LogP contribution is -3.00. The third-order valence-corrected chi connectivity index (χ3v) is 6.07. The summed E-state index contributed by atoms with van der Waals surface area (Å²) in [6.45, 7) is 1.31. The molecule has 0 saturated carbocycles. The van der Waals surface area contributed by atoms with E-state index in [1.807, 2.05) is 55.1 Å². The van der Waals surface area contributed by atoms with E-state index >= 15 is 0 Å². The molecule has 4 rings (SSSR count). The molecule has 182 valence electrons. The van der Waals surface area contributed by atoms with Gasteiger partial charge in [0.05, 0.1) is 25.7 Å². The molecule has 4 aromatic rings.